The molecule has 0 spiro atoms. The summed E-state index contributed by atoms with van der Waals surface area (Å²) in [5, 5.41) is 1.21. The third kappa shape index (κ3) is 1.38. The summed E-state index contributed by atoms with van der Waals surface area (Å²) >= 11 is 0. The van der Waals surface area contributed by atoms with Crippen molar-refractivity contribution < 1.29 is 4.74 Å². The number of ether oxygens (including phenoxy) is 1. The molecule has 4 heteroatoms. The zero-order valence-corrected chi connectivity index (χ0v) is 9.58. The Kier molecular flexibility index (Phi) is 2.11. The zero-order chi connectivity index (χ0) is 11.1. The summed E-state index contributed by atoms with van der Waals surface area (Å²) in [6.45, 7) is 2.09. The highest BCUT2D eigenvalue weighted by molar-refractivity contribution is 5.82. The van der Waals surface area contributed by atoms with Gasteiger partial charge in [0.2, 0.25) is 0 Å². The smallest absolute Gasteiger partial charge is 0.138 e. The van der Waals surface area contributed by atoms with E-state index in [9.17, 15) is 0 Å². The van der Waals surface area contributed by atoms with E-state index in [0.717, 1.165) is 30.9 Å². The van der Waals surface area contributed by atoms with Crippen LogP contribution in [-0.4, -0.2) is 35.6 Å². The van der Waals surface area contributed by atoms with E-state index in [0.29, 0.717) is 0 Å². The third-order valence-corrected chi connectivity index (χ3v) is 3.23. The van der Waals surface area contributed by atoms with Gasteiger partial charge >= 0.3 is 0 Å². The molecule has 4 nitrogen and oxygen atoms in total. The summed E-state index contributed by atoms with van der Waals surface area (Å²) in [7, 11) is 3.82. The van der Waals surface area contributed by atoms with Crippen LogP contribution >= 0.6 is 0 Å². The minimum Gasteiger partial charge on any atom is -0.495 e. The average Bonchev–Trinajstić information content (AvgIpc) is 2.65. The number of hydrogen-bond donors (Lipinski definition) is 1. The molecule has 0 aromatic carbocycles. The fraction of sp³-hybridized carbons (Fsp3) is 0.417. The monoisotopic (exact) mass is 217 g/mol. The molecule has 2 aromatic heterocycles. The highest BCUT2D eigenvalue weighted by Crippen LogP contribution is 2.28. The van der Waals surface area contributed by atoms with E-state index in [4.69, 9.17) is 4.74 Å². The molecule has 84 valence electrons. The number of H-pyrrole nitrogens is 1. The highest BCUT2D eigenvalue weighted by Gasteiger charge is 2.18. The normalized spacial score (nSPS) is 16.4. The number of rotatable bonds is 1. The first kappa shape index (κ1) is 9.66. The second kappa shape index (κ2) is 3.49. The van der Waals surface area contributed by atoms with Crippen LogP contribution in [0.1, 0.15) is 11.3 Å². The van der Waals surface area contributed by atoms with Crippen molar-refractivity contribution in [2.75, 3.05) is 20.7 Å². The molecule has 0 bridgehead atoms. The number of pyridine rings is 1. The molecule has 1 aliphatic rings. The highest BCUT2D eigenvalue weighted by atomic mass is 16.5. The molecule has 0 saturated carbocycles. The lowest BCUT2D eigenvalue weighted by Gasteiger charge is -2.22. The molecular formula is C12H15N3O. The largest absolute Gasteiger partial charge is 0.495 e. The van der Waals surface area contributed by atoms with Gasteiger partial charge in [0.1, 0.15) is 11.4 Å². The number of nitrogens with zero attached hydrogens (tertiary/aromatic N) is 2. The number of methoxy groups -OCH3 is 1. The van der Waals surface area contributed by atoms with Crippen LogP contribution in [0, 0.1) is 0 Å². The summed E-state index contributed by atoms with van der Waals surface area (Å²) in [4.78, 5) is 10.1. The molecule has 0 saturated heterocycles. The molecule has 0 amide bonds. The molecule has 1 N–H and O–H groups in total. The summed E-state index contributed by atoms with van der Waals surface area (Å²) in [5.74, 6) is 0.827. The predicted octanol–water partition coefficient (Wildman–Crippen LogP) is 1.56. The standard InChI is InChI=1S/C12H15N3O/c1-15-4-3-9-10-5-8(16-2)6-13-12(10)14-11(9)7-15/h5-6H,3-4,7H2,1-2H3,(H,13,14). The number of aromatic nitrogens is 2. The molecule has 0 fully saturated rings. The van der Waals surface area contributed by atoms with Crippen LogP contribution in [0.25, 0.3) is 11.0 Å². The molecule has 16 heavy (non-hydrogen) atoms. The van der Waals surface area contributed by atoms with Gasteiger partial charge in [-0.05, 0) is 25.1 Å². The van der Waals surface area contributed by atoms with Crippen molar-refractivity contribution in [3.8, 4) is 5.75 Å². The maximum absolute atomic E-state index is 5.22. The summed E-state index contributed by atoms with van der Waals surface area (Å²) in [5.41, 5.74) is 3.67. The van der Waals surface area contributed by atoms with E-state index in [1.807, 2.05) is 0 Å². The van der Waals surface area contributed by atoms with E-state index in [-0.39, 0.29) is 0 Å². The van der Waals surface area contributed by atoms with Crippen LogP contribution in [0.5, 0.6) is 5.75 Å². The van der Waals surface area contributed by atoms with Crippen molar-refractivity contribution in [1.82, 2.24) is 14.9 Å². The molecule has 1 aliphatic heterocycles. The van der Waals surface area contributed by atoms with Gasteiger partial charge in [-0.25, -0.2) is 4.98 Å². The molecule has 3 rings (SSSR count). The minimum absolute atomic E-state index is 0.827. The van der Waals surface area contributed by atoms with Crippen LogP contribution in [0.2, 0.25) is 0 Å². The Bertz CT molecular complexity index is 532. The Labute approximate surface area is 94.2 Å². The lowest BCUT2D eigenvalue weighted by atomic mass is 10.0. The fourth-order valence-electron chi connectivity index (χ4n) is 2.34. The lowest BCUT2D eigenvalue weighted by molar-refractivity contribution is 0.310. The van der Waals surface area contributed by atoms with Crippen LogP contribution in [0.15, 0.2) is 12.3 Å². The van der Waals surface area contributed by atoms with E-state index in [2.05, 4.69) is 28.0 Å². The van der Waals surface area contributed by atoms with Crippen molar-refractivity contribution in [3.05, 3.63) is 23.5 Å². The SMILES string of the molecule is COc1cnc2[nH]c3c(c2c1)CCN(C)C3. The van der Waals surface area contributed by atoms with Gasteiger partial charge in [0.15, 0.2) is 0 Å². The van der Waals surface area contributed by atoms with E-state index >= 15 is 0 Å². The number of nitrogens with one attached hydrogen (secondary N) is 1. The first-order valence-electron chi connectivity index (χ1n) is 5.50. The van der Waals surface area contributed by atoms with Crippen LogP contribution in [0.4, 0.5) is 0 Å². The molecule has 0 atom stereocenters. The van der Waals surface area contributed by atoms with Gasteiger partial charge < -0.3 is 14.6 Å². The quantitative estimate of drug-likeness (QED) is 0.788. The van der Waals surface area contributed by atoms with Gasteiger partial charge in [-0.1, -0.05) is 0 Å². The average molecular weight is 217 g/mol. The van der Waals surface area contributed by atoms with Gasteiger partial charge in [-0.3, -0.25) is 0 Å². The summed E-state index contributed by atoms with van der Waals surface area (Å²) in [6, 6.07) is 2.07. The van der Waals surface area contributed by atoms with Crippen molar-refractivity contribution in [2.24, 2.45) is 0 Å². The second-order valence-corrected chi connectivity index (χ2v) is 4.34. The first-order valence-corrected chi connectivity index (χ1v) is 5.50. The van der Waals surface area contributed by atoms with Crippen molar-refractivity contribution in [1.29, 1.82) is 0 Å². The van der Waals surface area contributed by atoms with Gasteiger partial charge in [-0.15, -0.1) is 0 Å². The number of likely N-dealkylation sites (N-methyl/N-ethyl adjacent to an activating group) is 1. The van der Waals surface area contributed by atoms with Crippen LogP contribution in [0.3, 0.4) is 0 Å². The van der Waals surface area contributed by atoms with Gasteiger partial charge in [-0.2, -0.15) is 0 Å². The Morgan fingerprint density at radius 3 is 3.19 bits per heavy atom. The second-order valence-electron chi connectivity index (χ2n) is 4.34. The van der Waals surface area contributed by atoms with Gasteiger partial charge in [0, 0.05) is 24.2 Å². The molecule has 3 heterocycles. The van der Waals surface area contributed by atoms with Crippen molar-refractivity contribution in [3.63, 3.8) is 0 Å². The topological polar surface area (TPSA) is 41.1 Å². The van der Waals surface area contributed by atoms with E-state index in [1.165, 1.54) is 16.6 Å². The maximum Gasteiger partial charge on any atom is 0.138 e. The van der Waals surface area contributed by atoms with Crippen molar-refractivity contribution >= 4 is 11.0 Å². The molecule has 0 aliphatic carbocycles. The Morgan fingerprint density at radius 1 is 1.50 bits per heavy atom. The fourth-order valence-corrected chi connectivity index (χ4v) is 2.34. The molecule has 0 unspecified atom stereocenters. The Balaban J connectivity index is 2.18. The van der Waals surface area contributed by atoms with Crippen molar-refractivity contribution in [2.45, 2.75) is 13.0 Å². The summed E-state index contributed by atoms with van der Waals surface area (Å²) in [6.07, 6.45) is 2.84. The lowest BCUT2D eigenvalue weighted by Crippen LogP contribution is -2.26. The summed E-state index contributed by atoms with van der Waals surface area (Å²) < 4.78 is 5.22. The number of aromatic amines is 1. The number of fused-ring (bicyclic) bond motifs is 3. The predicted molar refractivity (Wildman–Crippen MR) is 62.7 cm³/mol. The zero-order valence-electron chi connectivity index (χ0n) is 9.58. The maximum atomic E-state index is 5.22. The number of hydrogen-bond acceptors (Lipinski definition) is 3. The van der Waals surface area contributed by atoms with Gasteiger partial charge in [0.25, 0.3) is 0 Å². The van der Waals surface area contributed by atoms with Gasteiger partial charge in [0.05, 0.1) is 13.3 Å². The Hall–Kier alpha value is -1.55. The molecule has 2 aromatic rings. The third-order valence-electron chi connectivity index (χ3n) is 3.23. The van der Waals surface area contributed by atoms with E-state index in [1.54, 1.807) is 13.3 Å². The minimum atomic E-state index is 0.827. The Morgan fingerprint density at radius 2 is 2.38 bits per heavy atom. The van der Waals surface area contributed by atoms with E-state index < -0.39 is 0 Å². The van der Waals surface area contributed by atoms with Crippen LogP contribution < -0.4 is 4.74 Å². The molecule has 0 radical (unpaired) electrons. The van der Waals surface area contributed by atoms with Crippen LogP contribution in [-0.2, 0) is 13.0 Å². The molecular weight excluding hydrogens is 202 g/mol. The first-order chi connectivity index (χ1) is 7.78.